The number of methoxy groups -OCH3 is 4. The van der Waals surface area contributed by atoms with E-state index in [1.165, 1.54) is 13.0 Å². The number of likely N-dealkylation sites (N-methyl/N-ethyl adjacent to an activating group) is 1. The van der Waals surface area contributed by atoms with Crippen molar-refractivity contribution in [3.05, 3.63) is 171 Å². The minimum Gasteiger partial charge on any atom is -0.497 e. The molecule has 0 spiro atoms. The molecule has 0 saturated carbocycles. The first-order chi connectivity index (χ1) is 41.1. The van der Waals surface area contributed by atoms with Gasteiger partial charge in [0.2, 0.25) is 0 Å². The van der Waals surface area contributed by atoms with E-state index >= 15 is 17.6 Å². The highest BCUT2D eigenvalue weighted by molar-refractivity contribution is 6.36. The molecule has 2 bridgehead atoms. The summed E-state index contributed by atoms with van der Waals surface area (Å²) in [6, 6.07) is 35.7. The molecule has 5 aromatic carbocycles. The Morgan fingerprint density at radius 2 is 1.24 bits per heavy atom. The van der Waals surface area contributed by atoms with Crippen molar-refractivity contribution < 1.29 is 46.0 Å². The zero-order valence-electron chi connectivity index (χ0n) is 48.6. The van der Waals surface area contributed by atoms with Gasteiger partial charge in [0, 0.05) is 69.7 Å². The maximum atomic E-state index is 18.6. The highest BCUT2D eigenvalue weighted by atomic mass is 35.5. The van der Waals surface area contributed by atoms with Crippen molar-refractivity contribution in [2.24, 2.45) is 0 Å². The fourth-order valence-electron chi connectivity index (χ4n) is 12.1. The van der Waals surface area contributed by atoms with Crippen LogP contribution in [0.3, 0.4) is 0 Å². The number of aryl methyl sites for hydroxylation is 1. The van der Waals surface area contributed by atoms with Crippen LogP contribution in [-0.2, 0) is 32.4 Å². The minimum absolute atomic E-state index is 0.0317. The molecule has 0 amide bonds. The van der Waals surface area contributed by atoms with Crippen molar-refractivity contribution in [2.45, 2.75) is 77.2 Å². The molecule has 2 fully saturated rings. The molecule has 3 aromatic heterocycles. The fraction of sp³-hybridized carbons (Fsp3) is 0.354. The van der Waals surface area contributed by atoms with E-state index < -0.39 is 39.9 Å². The average molecular weight is 1180 g/mol. The molecule has 0 unspecified atom stereocenters. The number of halogens is 5. The molecule has 444 valence electrons. The van der Waals surface area contributed by atoms with E-state index in [4.69, 9.17) is 60.0 Å². The van der Waals surface area contributed by atoms with Gasteiger partial charge >= 0.3 is 12.2 Å². The summed E-state index contributed by atoms with van der Waals surface area (Å²) < 4.78 is 101. The lowest BCUT2D eigenvalue weighted by Gasteiger charge is -2.39. The molecule has 6 heterocycles. The van der Waals surface area contributed by atoms with E-state index in [1.807, 2.05) is 102 Å². The number of likely N-dealkylation sites (tertiary alicyclic amines) is 1. The smallest absolute Gasteiger partial charge is 0.418 e. The third-order valence-electron chi connectivity index (χ3n) is 16.4. The van der Waals surface area contributed by atoms with E-state index in [0.29, 0.717) is 49.0 Å². The summed E-state index contributed by atoms with van der Waals surface area (Å²) in [6.07, 6.45) is -1.13. The number of ether oxygens (including phenoxy) is 6. The summed E-state index contributed by atoms with van der Waals surface area (Å²) in [7, 11) is 8.53. The van der Waals surface area contributed by atoms with Gasteiger partial charge < -0.3 is 48.0 Å². The Labute approximate surface area is 497 Å². The van der Waals surface area contributed by atoms with Gasteiger partial charge in [0.25, 0.3) is 0 Å². The molecule has 85 heavy (non-hydrogen) atoms. The van der Waals surface area contributed by atoms with Gasteiger partial charge in [-0.15, -0.1) is 0 Å². The summed E-state index contributed by atoms with van der Waals surface area (Å²) in [6.45, 7) is 7.42. The van der Waals surface area contributed by atoms with Gasteiger partial charge in [-0.05, 0) is 122 Å². The number of pyridine rings is 2. The number of rotatable bonds is 21. The van der Waals surface area contributed by atoms with Gasteiger partial charge in [-0.25, -0.2) is 14.4 Å². The lowest BCUT2D eigenvalue weighted by Crippen LogP contribution is -2.53. The van der Waals surface area contributed by atoms with Crippen molar-refractivity contribution in [3.8, 4) is 46.0 Å². The number of anilines is 3. The number of aromatic nitrogens is 4. The Bertz CT molecular complexity index is 3530. The summed E-state index contributed by atoms with van der Waals surface area (Å²) in [4.78, 5) is 30.5. The van der Waals surface area contributed by atoms with Gasteiger partial charge in [-0.1, -0.05) is 66.2 Å². The van der Waals surface area contributed by atoms with Gasteiger partial charge in [0.05, 0.1) is 68.3 Å². The summed E-state index contributed by atoms with van der Waals surface area (Å²) in [5.74, 6) is 2.52. The van der Waals surface area contributed by atoms with Crippen molar-refractivity contribution in [1.29, 1.82) is 0 Å². The number of alkyl halides is 3. The predicted molar refractivity (Wildman–Crippen MR) is 321 cm³/mol. The number of fused-ring (bicyclic) bond motifs is 2. The normalized spacial score (nSPS) is 16.4. The molecular formula is C65H68ClF4N9O6. The van der Waals surface area contributed by atoms with Crippen LogP contribution in [0.1, 0.15) is 64.8 Å². The first kappa shape index (κ1) is 58.6. The number of hydrogen-bond acceptors (Lipinski definition) is 15. The predicted octanol–water partition coefficient (Wildman–Crippen LogP) is 12.8. The van der Waals surface area contributed by atoms with Crippen molar-refractivity contribution in [3.63, 3.8) is 0 Å². The molecule has 3 aliphatic rings. The second-order valence-corrected chi connectivity index (χ2v) is 22.2. The Morgan fingerprint density at radius 3 is 1.74 bits per heavy atom. The van der Waals surface area contributed by atoms with E-state index in [0.717, 1.165) is 65.2 Å². The monoisotopic (exact) mass is 1180 g/mol. The molecule has 3 aliphatic heterocycles. The number of nitrogens with zero attached hydrogens (tertiary/aromatic N) is 9. The zero-order chi connectivity index (χ0) is 59.5. The topological polar surface area (TPSA) is 123 Å². The maximum Gasteiger partial charge on any atom is 0.418 e. The molecule has 20 heteroatoms. The van der Waals surface area contributed by atoms with E-state index in [9.17, 15) is 0 Å². The van der Waals surface area contributed by atoms with E-state index in [1.54, 1.807) is 58.9 Å². The molecule has 3 atom stereocenters. The molecule has 15 nitrogen and oxygen atoms in total. The van der Waals surface area contributed by atoms with Crippen LogP contribution in [0.4, 0.5) is 35.0 Å². The molecular weight excluding hydrogens is 1110 g/mol. The van der Waals surface area contributed by atoms with Crippen LogP contribution < -0.4 is 43.1 Å². The van der Waals surface area contributed by atoms with Gasteiger partial charge in [-0.3, -0.25) is 4.90 Å². The van der Waals surface area contributed by atoms with Crippen LogP contribution in [-0.4, -0.2) is 117 Å². The number of hydrogen-bond donors (Lipinski definition) is 0. The summed E-state index contributed by atoms with van der Waals surface area (Å²) in [5.41, 5.74) is 1.40. The van der Waals surface area contributed by atoms with Crippen molar-refractivity contribution >= 4 is 40.0 Å². The molecule has 0 aliphatic carbocycles. The second-order valence-electron chi connectivity index (χ2n) is 21.8. The number of benzene rings is 5. The Balaban J connectivity index is 1.05. The standard InChI is InChI=1S/C65H68ClF4N9O6/c1-40-33-53(76(34-42-10-20-48(80-4)21-11-42)35-43-12-22-49(81-5)23-13-43)72-59(56(40)65(68,69)70)54-57(66)61-55-60(58(54)67)73-64(85-32-30-79-46-18-19-47(79)39-75(3)38-46)74-63(55)78(29-31-84-61)41(2)52-9-8-28-71-62(52)77(36-44-14-24-50(82-6)25-15-44)37-45-16-26-51(83-7)27-17-45/h8-17,20-28,33,41,46-47H,18-19,29-32,34-39H2,1-7H3/t41-,46-,47-/m1/s1. The molecule has 0 N–H and O–H groups in total. The highest BCUT2D eigenvalue weighted by Gasteiger charge is 2.42. The maximum absolute atomic E-state index is 18.6. The van der Waals surface area contributed by atoms with Crippen LogP contribution in [0.25, 0.3) is 22.2 Å². The van der Waals surface area contributed by atoms with Gasteiger partial charge in [-0.2, -0.15) is 23.1 Å². The Kier molecular flexibility index (Phi) is 17.4. The van der Waals surface area contributed by atoms with E-state index in [2.05, 4.69) is 21.7 Å². The van der Waals surface area contributed by atoms with Crippen LogP contribution in [0.2, 0.25) is 5.02 Å². The minimum atomic E-state index is -5.02. The zero-order valence-corrected chi connectivity index (χ0v) is 49.4. The summed E-state index contributed by atoms with van der Waals surface area (Å²) in [5, 5.41) is -0.344. The van der Waals surface area contributed by atoms with Crippen molar-refractivity contribution in [1.82, 2.24) is 29.7 Å². The Morgan fingerprint density at radius 1 is 0.718 bits per heavy atom. The molecule has 2 saturated heterocycles. The van der Waals surface area contributed by atoms with Crippen molar-refractivity contribution in [2.75, 3.05) is 89.6 Å². The second kappa shape index (κ2) is 25.2. The third kappa shape index (κ3) is 12.5. The fourth-order valence-corrected chi connectivity index (χ4v) is 12.5. The van der Waals surface area contributed by atoms with Crippen LogP contribution >= 0.6 is 11.6 Å². The lowest BCUT2D eigenvalue weighted by molar-refractivity contribution is -0.137. The van der Waals surface area contributed by atoms with Crippen LogP contribution in [0.5, 0.6) is 34.8 Å². The van der Waals surface area contributed by atoms with E-state index in [-0.39, 0.29) is 72.7 Å². The van der Waals surface area contributed by atoms with Gasteiger partial charge in [0.15, 0.2) is 11.6 Å². The average Bonchev–Trinajstić information content (AvgIpc) is 1.79. The lowest BCUT2D eigenvalue weighted by atomic mass is 9.98. The molecule has 8 aromatic rings. The Hall–Kier alpha value is -8.13. The van der Waals surface area contributed by atoms with Crippen LogP contribution in [0, 0.1) is 12.7 Å². The molecule has 0 radical (unpaired) electrons. The highest BCUT2D eigenvalue weighted by Crippen LogP contribution is 2.52. The number of piperazine rings is 1. The molecule has 11 rings (SSSR count). The SMILES string of the molecule is COc1ccc(CN(Cc2ccc(OC)cc2)c2cc(C)c(C(F)(F)F)c(-c3c(Cl)c4c5c(nc(OCCN6[C@@H]7CC[C@@H]6CN(C)C7)nc5c3F)N([C@H](C)c3cccnc3N(Cc3ccc(OC)cc3)Cc3ccc(OC)cc3)CCO4)n2)cc1. The summed E-state index contributed by atoms with van der Waals surface area (Å²) >= 11 is 7.43. The third-order valence-corrected chi connectivity index (χ3v) is 16.8. The first-order valence-corrected chi connectivity index (χ1v) is 28.7. The van der Waals surface area contributed by atoms with Crippen LogP contribution in [0.15, 0.2) is 121 Å². The quantitative estimate of drug-likeness (QED) is 0.0634. The van der Waals surface area contributed by atoms with Gasteiger partial charge in [0.1, 0.15) is 59.2 Å². The first-order valence-electron chi connectivity index (χ1n) is 28.4. The largest absolute Gasteiger partial charge is 0.497 e.